The molecular weight excluding hydrogens is 248 g/mol. The summed E-state index contributed by atoms with van der Waals surface area (Å²) in [6, 6.07) is -0.298. The first-order chi connectivity index (χ1) is 8.87. The van der Waals surface area contributed by atoms with Gasteiger partial charge in [-0.1, -0.05) is 0 Å². The first kappa shape index (κ1) is 14.1. The molecule has 0 bridgehead atoms. The van der Waals surface area contributed by atoms with Crippen LogP contribution >= 0.6 is 0 Å². The summed E-state index contributed by atoms with van der Waals surface area (Å²) in [7, 11) is 0. The standard InChI is InChI=1S/C13H22N2O4/c1-13(2,3)19-12(17)14-10-4-6-15(11(10)16)9-5-7-18-8-9/h9-10H,4-8H2,1-3H3,(H,14,17). The second-order valence-corrected chi connectivity index (χ2v) is 6.04. The van der Waals surface area contributed by atoms with Gasteiger partial charge in [0, 0.05) is 13.2 Å². The number of carbonyl (C=O) groups excluding carboxylic acids is 2. The van der Waals surface area contributed by atoms with Gasteiger partial charge in [-0.3, -0.25) is 4.79 Å². The predicted molar refractivity (Wildman–Crippen MR) is 68.7 cm³/mol. The lowest BCUT2D eigenvalue weighted by molar-refractivity contribution is -0.131. The maximum atomic E-state index is 12.2. The van der Waals surface area contributed by atoms with Crippen molar-refractivity contribution in [2.45, 2.75) is 51.3 Å². The number of hydrogen-bond acceptors (Lipinski definition) is 4. The first-order valence-electron chi connectivity index (χ1n) is 6.74. The fourth-order valence-corrected chi connectivity index (χ4v) is 2.42. The second kappa shape index (κ2) is 5.36. The van der Waals surface area contributed by atoms with Gasteiger partial charge in [-0.2, -0.15) is 0 Å². The molecule has 19 heavy (non-hydrogen) atoms. The Morgan fingerprint density at radius 1 is 1.42 bits per heavy atom. The van der Waals surface area contributed by atoms with Gasteiger partial charge in [-0.15, -0.1) is 0 Å². The molecule has 0 aromatic carbocycles. The lowest BCUT2D eigenvalue weighted by Gasteiger charge is -2.24. The monoisotopic (exact) mass is 270 g/mol. The van der Waals surface area contributed by atoms with Gasteiger partial charge < -0.3 is 19.7 Å². The Morgan fingerprint density at radius 2 is 2.16 bits per heavy atom. The van der Waals surface area contributed by atoms with Crippen molar-refractivity contribution in [1.29, 1.82) is 0 Å². The lowest BCUT2D eigenvalue weighted by atomic mass is 10.2. The van der Waals surface area contributed by atoms with Crippen LogP contribution in [0.1, 0.15) is 33.6 Å². The summed E-state index contributed by atoms with van der Waals surface area (Å²) in [5.74, 6) is -0.0265. The van der Waals surface area contributed by atoms with E-state index in [0.29, 0.717) is 26.2 Å². The summed E-state index contributed by atoms with van der Waals surface area (Å²) in [6.07, 6.45) is 0.981. The number of ether oxygens (including phenoxy) is 2. The number of rotatable bonds is 2. The van der Waals surface area contributed by atoms with Crippen LogP contribution in [0.2, 0.25) is 0 Å². The van der Waals surface area contributed by atoms with E-state index < -0.39 is 17.7 Å². The van der Waals surface area contributed by atoms with Crippen molar-refractivity contribution >= 4 is 12.0 Å². The third kappa shape index (κ3) is 3.59. The Balaban J connectivity index is 1.86. The molecule has 108 valence electrons. The van der Waals surface area contributed by atoms with Gasteiger partial charge in [0.15, 0.2) is 0 Å². The third-order valence-electron chi connectivity index (χ3n) is 3.28. The fourth-order valence-electron chi connectivity index (χ4n) is 2.42. The van der Waals surface area contributed by atoms with Crippen LogP contribution in [0.15, 0.2) is 0 Å². The Labute approximate surface area is 113 Å². The van der Waals surface area contributed by atoms with E-state index in [0.717, 1.165) is 6.42 Å². The average molecular weight is 270 g/mol. The number of carbonyl (C=O) groups is 2. The van der Waals surface area contributed by atoms with Crippen LogP contribution in [0.5, 0.6) is 0 Å². The number of nitrogens with zero attached hydrogens (tertiary/aromatic N) is 1. The molecule has 2 saturated heterocycles. The topological polar surface area (TPSA) is 67.9 Å². The molecule has 2 rings (SSSR count). The van der Waals surface area contributed by atoms with Crippen LogP contribution in [-0.4, -0.2) is 54.3 Å². The van der Waals surface area contributed by atoms with Crippen molar-refractivity contribution in [3.63, 3.8) is 0 Å². The highest BCUT2D eigenvalue weighted by atomic mass is 16.6. The smallest absolute Gasteiger partial charge is 0.408 e. The van der Waals surface area contributed by atoms with Gasteiger partial charge in [0.2, 0.25) is 5.91 Å². The molecule has 2 fully saturated rings. The highest BCUT2D eigenvalue weighted by Gasteiger charge is 2.38. The minimum absolute atomic E-state index is 0.0265. The van der Waals surface area contributed by atoms with E-state index in [9.17, 15) is 9.59 Å². The molecule has 2 aliphatic heterocycles. The molecule has 0 spiro atoms. The average Bonchev–Trinajstić information content (AvgIpc) is 2.87. The van der Waals surface area contributed by atoms with Gasteiger partial charge in [0.05, 0.1) is 12.6 Å². The summed E-state index contributed by atoms with van der Waals surface area (Å²) in [6.45, 7) is 7.37. The number of alkyl carbamates (subject to hydrolysis) is 1. The van der Waals surface area contributed by atoms with E-state index in [1.54, 1.807) is 20.8 Å². The third-order valence-corrected chi connectivity index (χ3v) is 3.28. The van der Waals surface area contributed by atoms with E-state index in [1.165, 1.54) is 0 Å². The van der Waals surface area contributed by atoms with E-state index in [1.807, 2.05) is 4.90 Å². The van der Waals surface area contributed by atoms with Crippen LogP contribution in [0.3, 0.4) is 0 Å². The Hall–Kier alpha value is -1.30. The summed E-state index contributed by atoms with van der Waals surface area (Å²) in [4.78, 5) is 25.7. The summed E-state index contributed by atoms with van der Waals surface area (Å²) < 4.78 is 10.5. The van der Waals surface area contributed by atoms with Crippen LogP contribution in [-0.2, 0) is 14.3 Å². The Bertz CT molecular complexity index is 358. The molecule has 6 heteroatoms. The first-order valence-corrected chi connectivity index (χ1v) is 6.74. The largest absolute Gasteiger partial charge is 0.444 e. The van der Waals surface area contributed by atoms with Crippen LogP contribution in [0.25, 0.3) is 0 Å². The maximum Gasteiger partial charge on any atom is 0.408 e. The fraction of sp³-hybridized carbons (Fsp3) is 0.846. The molecule has 2 aliphatic rings. The van der Waals surface area contributed by atoms with Crippen molar-refractivity contribution in [3.8, 4) is 0 Å². The van der Waals surface area contributed by atoms with E-state index in [-0.39, 0.29) is 11.9 Å². The van der Waals surface area contributed by atoms with Crippen molar-refractivity contribution in [3.05, 3.63) is 0 Å². The summed E-state index contributed by atoms with van der Waals surface area (Å²) in [5, 5.41) is 2.65. The zero-order valence-electron chi connectivity index (χ0n) is 11.8. The van der Waals surface area contributed by atoms with E-state index in [2.05, 4.69) is 5.32 Å². The molecule has 6 nitrogen and oxygen atoms in total. The maximum absolute atomic E-state index is 12.2. The van der Waals surface area contributed by atoms with Gasteiger partial charge >= 0.3 is 6.09 Å². The molecule has 2 amide bonds. The summed E-state index contributed by atoms with van der Waals surface area (Å²) >= 11 is 0. The van der Waals surface area contributed by atoms with Gasteiger partial charge in [0.1, 0.15) is 11.6 Å². The van der Waals surface area contributed by atoms with Gasteiger partial charge in [-0.05, 0) is 33.6 Å². The van der Waals surface area contributed by atoms with Crippen molar-refractivity contribution in [1.82, 2.24) is 10.2 Å². The van der Waals surface area contributed by atoms with Crippen molar-refractivity contribution in [2.75, 3.05) is 19.8 Å². The Kier molecular flexibility index (Phi) is 3.99. The molecule has 0 radical (unpaired) electrons. The van der Waals surface area contributed by atoms with Gasteiger partial charge in [0.25, 0.3) is 0 Å². The molecular formula is C13H22N2O4. The highest BCUT2D eigenvalue weighted by Crippen LogP contribution is 2.20. The summed E-state index contributed by atoms with van der Waals surface area (Å²) in [5.41, 5.74) is -0.551. The van der Waals surface area contributed by atoms with Gasteiger partial charge in [-0.25, -0.2) is 4.79 Å². The van der Waals surface area contributed by atoms with E-state index in [4.69, 9.17) is 9.47 Å². The van der Waals surface area contributed by atoms with Crippen molar-refractivity contribution in [2.24, 2.45) is 0 Å². The van der Waals surface area contributed by atoms with Crippen LogP contribution in [0, 0.1) is 0 Å². The molecule has 0 aromatic rings. The molecule has 0 saturated carbocycles. The molecule has 2 unspecified atom stereocenters. The molecule has 2 heterocycles. The van der Waals surface area contributed by atoms with E-state index >= 15 is 0 Å². The zero-order chi connectivity index (χ0) is 14.0. The Morgan fingerprint density at radius 3 is 2.74 bits per heavy atom. The number of nitrogens with one attached hydrogen (secondary N) is 1. The lowest BCUT2D eigenvalue weighted by Crippen LogP contribution is -2.46. The number of hydrogen-bond donors (Lipinski definition) is 1. The van der Waals surface area contributed by atoms with Crippen LogP contribution < -0.4 is 5.32 Å². The molecule has 1 N–H and O–H groups in total. The SMILES string of the molecule is CC(C)(C)OC(=O)NC1CCN(C2CCOC2)C1=O. The molecule has 2 atom stereocenters. The molecule has 0 aliphatic carbocycles. The van der Waals surface area contributed by atoms with Crippen molar-refractivity contribution < 1.29 is 19.1 Å². The highest BCUT2D eigenvalue weighted by molar-refractivity contribution is 5.87. The normalized spacial score (nSPS) is 27.7. The number of likely N-dealkylation sites (tertiary alicyclic amines) is 1. The van der Waals surface area contributed by atoms with Crippen LogP contribution in [0.4, 0.5) is 4.79 Å². The predicted octanol–water partition coefficient (Wildman–Crippen LogP) is 0.901. The zero-order valence-corrected chi connectivity index (χ0v) is 11.8. The second-order valence-electron chi connectivity index (χ2n) is 6.04. The quantitative estimate of drug-likeness (QED) is 0.809. The minimum atomic E-state index is -0.551. The minimum Gasteiger partial charge on any atom is -0.444 e. The number of amides is 2. The molecule has 0 aromatic heterocycles.